The summed E-state index contributed by atoms with van der Waals surface area (Å²) in [5.41, 5.74) is -0.552. The Balaban J connectivity index is 1.71. The summed E-state index contributed by atoms with van der Waals surface area (Å²) in [7, 11) is 0. The average Bonchev–Trinajstić information content (AvgIpc) is 3.17. The fourth-order valence-corrected chi connectivity index (χ4v) is 3.95. The van der Waals surface area contributed by atoms with E-state index in [0.717, 1.165) is 11.0 Å². The van der Waals surface area contributed by atoms with Crippen LogP contribution in [0.3, 0.4) is 0 Å². The SMILES string of the molecule is O=c1cnccn1CCN1CCCC1c1nc2ccccc2c(=O)n1CC(F)(F)F. The Labute approximate surface area is 169 Å². The molecular weight excluding hydrogens is 399 g/mol. The lowest BCUT2D eigenvalue weighted by Crippen LogP contribution is -2.37. The smallest absolute Gasteiger partial charge is 0.311 e. The number of hydrogen-bond acceptors (Lipinski definition) is 5. The molecule has 0 N–H and O–H groups in total. The topological polar surface area (TPSA) is 73.0 Å². The largest absolute Gasteiger partial charge is 0.406 e. The Morgan fingerprint density at radius 1 is 1.13 bits per heavy atom. The molecule has 3 aromatic rings. The van der Waals surface area contributed by atoms with Crippen LogP contribution < -0.4 is 11.1 Å². The predicted molar refractivity (Wildman–Crippen MR) is 104 cm³/mol. The zero-order valence-corrected chi connectivity index (χ0v) is 16.0. The highest BCUT2D eigenvalue weighted by atomic mass is 19.4. The molecule has 0 spiro atoms. The minimum Gasteiger partial charge on any atom is -0.311 e. The fourth-order valence-electron chi connectivity index (χ4n) is 3.95. The second-order valence-electron chi connectivity index (χ2n) is 7.30. The van der Waals surface area contributed by atoms with E-state index in [9.17, 15) is 22.8 Å². The van der Waals surface area contributed by atoms with Crippen LogP contribution in [0.25, 0.3) is 10.9 Å². The van der Waals surface area contributed by atoms with Crippen molar-refractivity contribution in [3.8, 4) is 0 Å². The third kappa shape index (κ3) is 4.13. The molecule has 0 saturated carbocycles. The van der Waals surface area contributed by atoms with Gasteiger partial charge in [-0.2, -0.15) is 13.2 Å². The van der Waals surface area contributed by atoms with Crippen LogP contribution in [-0.2, 0) is 13.1 Å². The maximum atomic E-state index is 13.3. The van der Waals surface area contributed by atoms with Gasteiger partial charge in [0.15, 0.2) is 0 Å². The summed E-state index contributed by atoms with van der Waals surface area (Å²) in [5.74, 6) is 0.121. The van der Waals surface area contributed by atoms with Gasteiger partial charge in [-0.05, 0) is 31.5 Å². The summed E-state index contributed by atoms with van der Waals surface area (Å²) < 4.78 is 42.0. The predicted octanol–water partition coefficient (Wildman–Crippen LogP) is 2.35. The Kier molecular flexibility index (Phi) is 5.42. The minimum atomic E-state index is -4.55. The van der Waals surface area contributed by atoms with Crippen molar-refractivity contribution >= 4 is 10.9 Å². The van der Waals surface area contributed by atoms with Gasteiger partial charge in [-0.15, -0.1) is 0 Å². The van der Waals surface area contributed by atoms with Gasteiger partial charge in [0.1, 0.15) is 12.4 Å². The van der Waals surface area contributed by atoms with E-state index in [1.807, 2.05) is 4.90 Å². The molecule has 3 heterocycles. The van der Waals surface area contributed by atoms with E-state index in [2.05, 4.69) is 9.97 Å². The summed E-state index contributed by atoms with van der Waals surface area (Å²) in [5, 5.41) is 0.165. The maximum Gasteiger partial charge on any atom is 0.406 e. The number of likely N-dealkylation sites (tertiary alicyclic amines) is 1. The highest BCUT2D eigenvalue weighted by molar-refractivity contribution is 5.77. The number of para-hydroxylation sites is 1. The van der Waals surface area contributed by atoms with Crippen LogP contribution in [0.15, 0.2) is 52.4 Å². The van der Waals surface area contributed by atoms with Crippen molar-refractivity contribution < 1.29 is 13.2 Å². The molecule has 0 amide bonds. The molecule has 7 nitrogen and oxygen atoms in total. The molecule has 30 heavy (non-hydrogen) atoms. The number of rotatable bonds is 5. The summed E-state index contributed by atoms with van der Waals surface area (Å²) in [6.45, 7) is 0.0879. The molecule has 158 valence electrons. The lowest BCUT2D eigenvalue weighted by molar-refractivity contribution is -0.142. The van der Waals surface area contributed by atoms with E-state index >= 15 is 0 Å². The van der Waals surface area contributed by atoms with Crippen LogP contribution in [0.4, 0.5) is 13.2 Å². The van der Waals surface area contributed by atoms with Gasteiger partial charge < -0.3 is 4.57 Å². The van der Waals surface area contributed by atoms with Crippen molar-refractivity contribution in [1.82, 2.24) is 24.0 Å². The molecule has 0 radical (unpaired) electrons. The van der Waals surface area contributed by atoms with Crippen molar-refractivity contribution in [2.75, 3.05) is 13.1 Å². The van der Waals surface area contributed by atoms with Crippen molar-refractivity contribution in [1.29, 1.82) is 0 Å². The number of fused-ring (bicyclic) bond motifs is 1. The lowest BCUT2D eigenvalue weighted by atomic mass is 10.1. The first-order valence-corrected chi connectivity index (χ1v) is 9.64. The van der Waals surface area contributed by atoms with Crippen molar-refractivity contribution in [2.45, 2.75) is 38.1 Å². The Bertz CT molecular complexity index is 1170. The van der Waals surface area contributed by atoms with Gasteiger partial charge in [0.05, 0.1) is 23.1 Å². The molecule has 1 aromatic carbocycles. The number of nitrogens with zero attached hydrogens (tertiary/aromatic N) is 5. The van der Waals surface area contributed by atoms with Gasteiger partial charge in [0.2, 0.25) is 0 Å². The summed E-state index contributed by atoms with van der Waals surface area (Å²) in [6.07, 6.45) is 1.11. The molecule has 4 rings (SSSR count). The molecule has 10 heteroatoms. The second kappa shape index (κ2) is 8.02. The zero-order valence-electron chi connectivity index (χ0n) is 16.0. The van der Waals surface area contributed by atoms with E-state index < -0.39 is 24.3 Å². The van der Waals surface area contributed by atoms with E-state index in [-0.39, 0.29) is 16.8 Å². The Morgan fingerprint density at radius 3 is 2.70 bits per heavy atom. The van der Waals surface area contributed by atoms with Gasteiger partial charge in [0.25, 0.3) is 11.1 Å². The molecule has 0 bridgehead atoms. The van der Waals surface area contributed by atoms with E-state index in [0.29, 0.717) is 31.6 Å². The van der Waals surface area contributed by atoms with Gasteiger partial charge in [0, 0.05) is 25.5 Å². The van der Waals surface area contributed by atoms with Gasteiger partial charge in [-0.1, -0.05) is 12.1 Å². The Morgan fingerprint density at radius 2 is 1.93 bits per heavy atom. The first-order chi connectivity index (χ1) is 14.3. The number of halogens is 3. The summed E-state index contributed by atoms with van der Waals surface area (Å²) in [6, 6.07) is 6.01. The molecule has 0 aliphatic carbocycles. The highest BCUT2D eigenvalue weighted by Crippen LogP contribution is 2.32. The number of hydrogen-bond donors (Lipinski definition) is 0. The molecule has 1 aliphatic heterocycles. The van der Waals surface area contributed by atoms with Crippen LogP contribution in [0.1, 0.15) is 24.7 Å². The van der Waals surface area contributed by atoms with Crippen LogP contribution in [-0.4, -0.2) is 43.3 Å². The van der Waals surface area contributed by atoms with Crippen molar-refractivity contribution in [3.05, 3.63) is 69.4 Å². The molecule has 1 unspecified atom stereocenters. The third-order valence-electron chi connectivity index (χ3n) is 5.32. The van der Waals surface area contributed by atoms with Crippen LogP contribution in [0.5, 0.6) is 0 Å². The number of alkyl halides is 3. The molecule has 1 fully saturated rings. The van der Waals surface area contributed by atoms with E-state index in [4.69, 9.17) is 0 Å². The number of aromatic nitrogens is 4. The number of benzene rings is 1. The van der Waals surface area contributed by atoms with Crippen molar-refractivity contribution in [2.24, 2.45) is 0 Å². The quantitative estimate of drug-likeness (QED) is 0.635. The standard InChI is InChI=1S/C20H20F3N5O2/c21-20(22,23)13-28-18(25-15-5-2-1-4-14(15)19(28)30)16-6-3-8-26(16)10-11-27-9-7-24-12-17(27)29/h1-2,4-5,7,9,12,16H,3,6,8,10-11,13H2. The molecular formula is C20H20F3N5O2. The molecule has 1 atom stereocenters. The normalized spacial score (nSPS) is 17.6. The van der Waals surface area contributed by atoms with Gasteiger partial charge in [-0.3, -0.25) is 24.0 Å². The average molecular weight is 419 g/mol. The fraction of sp³-hybridized carbons (Fsp3) is 0.400. The molecule has 1 aliphatic rings. The molecule has 1 saturated heterocycles. The Hall–Kier alpha value is -3.01. The van der Waals surface area contributed by atoms with E-state index in [1.54, 1.807) is 24.4 Å². The monoisotopic (exact) mass is 419 g/mol. The van der Waals surface area contributed by atoms with Gasteiger partial charge in [-0.25, -0.2) is 4.98 Å². The first-order valence-electron chi connectivity index (χ1n) is 9.64. The van der Waals surface area contributed by atoms with Crippen LogP contribution >= 0.6 is 0 Å². The van der Waals surface area contributed by atoms with Gasteiger partial charge >= 0.3 is 6.18 Å². The van der Waals surface area contributed by atoms with Crippen LogP contribution in [0, 0.1) is 0 Å². The summed E-state index contributed by atoms with van der Waals surface area (Å²) >= 11 is 0. The second-order valence-corrected chi connectivity index (χ2v) is 7.30. The maximum absolute atomic E-state index is 13.3. The summed E-state index contributed by atoms with van der Waals surface area (Å²) in [4.78, 5) is 35.0. The highest BCUT2D eigenvalue weighted by Gasteiger charge is 2.35. The van der Waals surface area contributed by atoms with Crippen LogP contribution in [0.2, 0.25) is 0 Å². The minimum absolute atomic E-state index is 0.121. The first kappa shape index (κ1) is 20.3. The lowest BCUT2D eigenvalue weighted by Gasteiger charge is -2.27. The zero-order chi connectivity index (χ0) is 21.3. The van der Waals surface area contributed by atoms with E-state index in [1.165, 1.54) is 23.0 Å². The third-order valence-corrected chi connectivity index (χ3v) is 5.32. The molecule has 2 aromatic heterocycles. The van der Waals surface area contributed by atoms with Crippen molar-refractivity contribution in [3.63, 3.8) is 0 Å².